The van der Waals surface area contributed by atoms with Crippen LogP contribution in [0.25, 0.3) is 0 Å². The smallest absolute Gasteiger partial charge is 0.272 e. The molecule has 1 aromatic carbocycles. The summed E-state index contributed by atoms with van der Waals surface area (Å²) < 4.78 is 0. The number of rotatable bonds is 5. The lowest BCUT2D eigenvalue weighted by molar-refractivity contribution is -0.385. The van der Waals surface area contributed by atoms with Gasteiger partial charge in [-0.3, -0.25) is 10.1 Å². The molecule has 0 radical (unpaired) electrons. The second-order valence-corrected chi connectivity index (χ2v) is 5.73. The Labute approximate surface area is 120 Å². The van der Waals surface area contributed by atoms with Crippen LogP contribution in [0.1, 0.15) is 24.0 Å². The van der Waals surface area contributed by atoms with Gasteiger partial charge >= 0.3 is 0 Å². The summed E-state index contributed by atoms with van der Waals surface area (Å²) in [5.41, 5.74) is 2.05. The second-order valence-electron chi connectivity index (χ2n) is 5.73. The van der Waals surface area contributed by atoms with Gasteiger partial charge in [-0.25, -0.2) is 0 Å². The van der Waals surface area contributed by atoms with Crippen LogP contribution in [0, 0.1) is 23.0 Å². The van der Waals surface area contributed by atoms with Crippen LogP contribution in [-0.2, 0) is 6.54 Å². The second kappa shape index (κ2) is 6.81. The summed E-state index contributed by atoms with van der Waals surface area (Å²) in [7, 11) is 2.09. The molecule has 1 saturated heterocycles. The Morgan fingerprint density at radius 1 is 1.50 bits per heavy atom. The molecule has 20 heavy (non-hydrogen) atoms. The molecule has 1 aromatic rings. The van der Waals surface area contributed by atoms with Gasteiger partial charge < -0.3 is 10.2 Å². The Morgan fingerprint density at radius 2 is 2.30 bits per heavy atom. The van der Waals surface area contributed by atoms with Gasteiger partial charge in [-0.1, -0.05) is 12.1 Å². The van der Waals surface area contributed by atoms with Crippen molar-refractivity contribution >= 4 is 5.69 Å². The van der Waals surface area contributed by atoms with Gasteiger partial charge in [0, 0.05) is 24.7 Å². The molecule has 110 valence electrons. The maximum atomic E-state index is 11.0. The maximum Gasteiger partial charge on any atom is 0.272 e. The fourth-order valence-corrected chi connectivity index (χ4v) is 2.91. The van der Waals surface area contributed by atoms with E-state index in [4.69, 9.17) is 0 Å². The highest BCUT2D eigenvalue weighted by Gasteiger charge is 2.17. The molecule has 0 saturated carbocycles. The van der Waals surface area contributed by atoms with Crippen molar-refractivity contribution < 1.29 is 4.92 Å². The summed E-state index contributed by atoms with van der Waals surface area (Å²) in [6.45, 7) is 5.85. The van der Waals surface area contributed by atoms with Crippen molar-refractivity contribution in [1.29, 1.82) is 0 Å². The first-order valence-electron chi connectivity index (χ1n) is 7.20. The average molecular weight is 277 g/mol. The molecular weight excluding hydrogens is 254 g/mol. The number of hydrogen-bond acceptors (Lipinski definition) is 4. The highest BCUT2D eigenvalue weighted by atomic mass is 16.6. The van der Waals surface area contributed by atoms with Gasteiger partial charge in [0.15, 0.2) is 0 Å². The monoisotopic (exact) mass is 277 g/mol. The van der Waals surface area contributed by atoms with Gasteiger partial charge in [0.25, 0.3) is 5.69 Å². The summed E-state index contributed by atoms with van der Waals surface area (Å²) in [5, 5.41) is 14.4. The minimum absolute atomic E-state index is 0.218. The van der Waals surface area contributed by atoms with Gasteiger partial charge in [0.2, 0.25) is 0 Å². The predicted molar refractivity (Wildman–Crippen MR) is 79.8 cm³/mol. The lowest BCUT2D eigenvalue weighted by Crippen LogP contribution is -2.36. The molecule has 1 fully saturated rings. The molecular formula is C15H23N3O2. The fourth-order valence-electron chi connectivity index (χ4n) is 2.91. The summed E-state index contributed by atoms with van der Waals surface area (Å²) in [5.74, 6) is 0.688. The SMILES string of the molecule is Cc1c(CN(C)CC2CCCNC2)cccc1[N+](=O)[O-]. The van der Waals surface area contributed by atoms with Crippen molar-refractivity contribution in [3.8, 4) is 0 Å². The molecule has 0 bridgehead atoms. The molecule has 0 aromatic heterocycles. The minimum Gasteiger partial charge on any atom is -0.316 e. The van der Waals surface area contributed by atoms with E-state index in [0.717, 1.165) is 37.3 Å². The van der Waals surface area contributed by atoms with Crippen LogP contribution >= 0.6 is 0 Å². The molecule has 5 nitrogen and oxygen atoms in total. The third kappa shape index (κ3) is 3.77. The largest absolute Gasteiger partial charge is 0.316 e. The molecule has 1 atom stereocenters. The van der Waals surface area contributed by atoms with Gasteiger partial charge in [0.05, 0.1) is 4.92 Å². The van der Waals surface area contributed by atoms with E-state index in [2.05, 4.69) is 17.3 Å². The van der Waals surface area contributed by atoms with E-state index in [1.807, 2.05) is 13.0 Å². The van der Waals surface area contributed by atoms with E-state index >= 15 is 0 Å². The van der Waals surface area contributed by atoms with E-state index in [1.165, 1.54) is 12.8 Å². The zero-order chi connectivity index (χ0) is 14.5. The number of piperidine rings is 1. The van der Waals surface area contributed by atoms with E-state index in [9.17, 15) is 10.1 Å². The molecule has 0 aliphatic carbocycles. The van der Waals surface area contributed by atoms with Crippen molar-refractivity contribution in [3.63, 3.8) is 0 Å². The summed E-state index contributed by atoms with van der Waals surface area (Å²) >= 11 is 0. The topological polar surface area (TPSA) is 58.4 Å². The van der Waals surface area contributed by atoms with E-state index in [0.29, 0.717) is 5.92 Å². The fraction of sp³-hybridized carbons (Fsp3) is 0.600. The standard InChI is InChI=1S/C15H23N3O2/c1-12-14(6-3-7-15(12)18(19)20)11-17(2)10-13-5-4-8-16-9-13/h3,6-7,13,16H,4-5,8-11H2,1-2H3. The molecule has 5 heteroatoms. The Hall–Kier alpha value is -1.46. The molecule has 2 rings (SSSR count). The van der Waals surface area contributed by atoms with E-state index in [1.54, 1.807) is 12.1 Å². The predicted octanol–water partition coefficient (Wildman–Crippen LogP) is 2.33. The van der Waals surface area contributed by atoms with E-state index in [-0.39, 0.29) is 10.6 Å². The summed E-state index contributed by atoms with van der Waals surface area (Å²) in [4.78, 5) is 12.9. The number of nitro benzene ring substituents is 1. The number of nitrogens with one attached hydrogen (secondary N) is 1. The lowest BCUT2D eigenvalue weighted by Gasteiger charge is -2.27. The molecule has 1 heterocycles. The van der Waals surface area contributed by atoms with Crippen LogP contribution in [0.15, 0.2) is 18.2 Å². The minimum atomic E-state index is -0.302. The first-order valence-corrected chi connectivity index (χ1v) is 7.20. The quantitative estimate of drug-likeness (QED) is 0.663. The lowest BCUT2D eigenvalue weighted by atomic mass is 9.98. The Bertz CT molecular complexity index is 470. The Balaban J connectivity index is 1.98. The number of nitrogens with zero attached hydrogens (tertiary/aromatic N) is 2. The van der Waals surface area contributed by atoms with Crippen molar-refractivity contribution in [2.45, 2.75) is 26.3 Å². The third-order valence-corrected chi connectivity index (χ3v) is 4.02. The molecule has 1 aliphatic heterocycles. The molecule has 0 spiro atoms. The highest BCUT2D eigenvalue weighted by molar-refractivity contribution is 5.44. The third-order valence-electron chi connectivity index (χ3n) is 4.02. The zero-order valence-corrected chi connectivity index (χ0v) is 12.3. The van der Waals surface area contributed by atoms with Gasteiger partial charge in [-0.15, -0.1) is 0 Å². The van der Waals surface area contributed by atoms with Gasteiger partial charge in [0.1, 0.15) is 0 Å². The molecule has 1 aliphatic rings. The highest BCUT2D eigenvalue weighted by Crippen LogP contribution is 2.22. The normalized spacial score (nSPS) is 19.2. The van der Waals surface area contributed by atoms with Crippen LogP contribution in [0.4, 0.5) is 5.69 Å². The summed E-state index contributed by atoms with van der Waals surface area (Å²) in [6, 6.07) is 5.33. The number of hydrogen-bond donors (Lipinski definition) is 1. The van der Waals surface area contributed by atoms with Crippen LogP contribution in [-0.4, -0.2) is 36.5 Å². The van der Waals surface area contributed by atoms with Crippen molar-refractivity contribution in [2.24, 2.45) is 5.92 Å². The molecule has 0 amide bonds. The van der Waals surface area contributed by atoms with Gasteiger partial charge in [-0.05, 0) is 51.4 Å². The van der Waals surface area contributed by atoms with Crippen LogP contribution in [0.3, 0.4) is 0 Å². The number of benzene rings is 1. The number of nitro groups is 1. The summed E-state index contributed by atoms with van der Waals surface area (Å²) in [6.07, 6.45) is 2.51. The van der Waals surface area contributed by atoms with Crippen LogP contribution in [0.2, 0.25) is 0 Å². The van der Waals surface area contributed by atoms with E-state index < -0.39 is 0 Å². The zero-order valence-electron chi connectivity index (χ0n) is 12.3. The first-order chi connectivity index (χ1) is 9.58. The van der Waals surface area contributed by atoms with Crippen molar-refractivity contribution in [2.75, 3.05) is 26.7 Å². The van der Waals surface area contributed by atoms with Crippen molar-refractivity contribution in [3.05, 3.63) is 39.4 Å². The van der Waals surface area contributed by atoms with Crippen LogP contribution in [0.5, 0.6) is 0 Å². The Kier molecular flexibility index (Phi) is 5.09. The maximum absolute atomic E-state index is 11.0. The van der Waals surface area contributed by atoms with Crippen molar-refractivity contribution in [1.82, 2.24) is 10.2 Å². The molecule has 1 N–H and O–H groups in total. The first kappa shape index (κ1) is 14.9. The van der Waals surface area contributed by atoms with Gasteiger partial charge in [-0.2, -0.15) is 0 Å². The Morgan fingerprint density at radius 3 is 2.95 bits per heavy atom. The molecule has 1 unspecified atom stereocenters. The van der Waals surface area contributed by atoms with Crippen LogP contribution < -0.4 is 5.32 Å². The average Bonchev–Trinajstić information content (AvgIpc) is 2.42.